The smallest absolute Gasteiger partial charge is 0.289 e. The highest BCUT2D eigenvalue weighted by Crippen LogP contribution is 2.36. The number of hydrogen-bond donors (Lipinski definition) is 1. The van der Waals surface area contributed by atoms with E-state index in [0.717, 1.165) is 32.6 Å². The fourth-order valence-electron chi connectivity index (χ4n) is 3.35. The van der Waals surface area contributed by atoms with Gasteiger partial charge < -0.3 is 14.6 Å². The van der Waals surface area contributed by atoms with Crippen molar-refractivity contribution in [1.29, 1.82) is 0 Å². The number of halogens is 1. The summed E-state index contributed by atoms with van der Waals surface area (Å²) in [6.07, 6.45) is 4.76. The molecule has 4 nitrogen and oxygen atoms in total. The molecule has 5 heteroatoms. The van der Waals surface area contributed by atoms with E-state index in [1.165, 1.54) is 19.3 Å². The summed E-state index contributed by atoms with van der Waals surface area (Å²) < 4.78 is 6.00. The molecule has 1 unspecified atom stereocenters. The minimum atomic E-state index is 0.0235. The summed E-state index contributed by atoms with van der Waals surface area (Å²) in [7, 11) is 0. The van der Waals surface area contributed by atoms with Gasteiger partial charge in [-0.3, -0.25) is 4.79 Å². The Kier molecular flexibility index (Phi) is 3.67. The molecular formula is C14H19BrN2O2. The van der Waals surface area contributed by atoms with Crippen molar-refractivity contribution in [1.82, 2.24) is 10.2 Å². The SMILES string of the molecule is O=C(c1ccc(Br)o1)N1CCCC2(CCCNC2)C1. The van der Waals surface area contributed by atoms with Gasteiger partial charge in [-0.25, -0.2) is 0 Å². The minimum absolute atomic E-state index is 0.0235. The molecule has 0 aromatic carbocycles. The lowest BCUT2D eigenvalue weighted by atomic mass is 9.74. The number of furan rings is 1. The van der Waals surface area contributed by atoms with E-state index in [0.29, 0.717) is 10.4 Å². The third-order valence-corrected chi connectivity index (χ3v) is 4.72. The number of rotatable bonds is 1. The van der Waals surface area contributed by atoms with Gasteiger partial charge in [-0.15, -0.1) is 0 Å². The maximum absolute atomic E-state index is 12.4. The second-order valence-electron chi connectivity index (χ2n) is 5.71. The molecule has 0 aliphatic carbocycles. The fourth-order valence-corrected chi connectivity index (χ4v) is 3.65. The van der Waals surface area contributed by atoms with Crippen LogP contribution in [-0.2, 0) is 0 Å². The van der Waals surface area contributed by atoms with Crippen LogP contribution in [0.5, 0.6) is 0 Å². The van der Waals surface area contributed by atoms with Crippen LogP contribution in [0.1, 0.15) is 36.2 Å². The van der Waals surface area contributed by atoms with Gasteiger partial charge in [-0.05, 0) is 60.3 Å². The van der Waals surface area contributed by atoms with E-state index < -0.39 is 0 Å². The molecule has 1 N–H and O–H groups in total. The number of nitrogens with one attached hydrogen (secondary N) is 1. The molecule has 1 spiro atoms. The van der Waals surface area contributed by atoms with Gasteiger partial charge in [0.15, 0.2) is 10.4 Å². The first-order chi connectivity index (χ1) is 9.19. The van der Waals surface area contributed by atoms with Crippen molar-refractivity contribution >= 4 is 21.8 Å². The fraction of sp³-hybridized carbons (Fsp3) is 0.643. The van der Waals surface area contributed by atoms with Gasteiger partial charge in [0.05, 0.1) is 0 Å². The molecule has 0 saturated carbocycles. The Balaban J connectivity index is 1.72. The van der Waals surface area contributed by atoms with Gasteiger partial charge in [-0.2, -0.15) is 0 Å². The normalized spacial score (nSPS) is 27.7. The molecule has 0 radical (unpaired) electrons. The molecule has 1 aromatic heterocycles. The molecule has 2 saturated heterocycles. The third-order valence-electron chi connectivity index (χ3n) is 4.29. The second kappa shape index (κ2) is 5.29. The summed E-state index contributed by atoms with van der Waals surface area (Å²) >= 11 is 3.25. The average Bonchev–Trinajstić information content (AvgIpc) is 2.85. The zero-order valence-electron chi connectivity index (χ0n) is 11.0. The topological polar surface area (TPSA) is 45.5 Å². The summed E-state index contributed by atoms with van der Waals surface area (Å²) in [5.74, 6) is 0.461. The predicted octanol–water partition coefficient (Wildman–Crippen LogP) is 2.65. The second-order valence-corrected chi connectivity index (χ2v) is 6.50. The van der Waals surface area contributed by atoms with Crippen molar-refractivity contribution in [3.8, 4) is 0 Å². The molecule has 19 heavy (non-hydrogen) atoms. The Morgan fingerprint density at radius 3 is 2.89 bits per heavy atom. The Hall–Kier alpha value is -0.810. The summed E-state index contributed by atoms with van der Waals surface area (Å²) in [5, 5.41) is 3.48. The molecule has 2 fully saturated rings. The van der Waals surface area contributed by atoms with Crippen molar-refractivity contribution in [2.75, 3.05) is 26.2 Å². The first-order valence-electron chi connectivity index (χ1n) is 6.94. The van der Waals surface area contributed by atoms with E-state index in [4.69, 9.17) is 4.42 Å². The van der Waals surface area contributed by atoms with Crippen LogP contribution in [0.15, 0.2) is 21.2 Å². The van der Waals surface area contributed by atoms with Gasteiger partial charge in [0.1, 0.15) is 0 Å². The van der Waals surface area contributed by atoms with Crippen molar-refractivity contribution < 1.29 is 9.21 Å². The van der Waals surface area contributed by atoms with Crippen LogP contribution in [-0.4, -0.2) is 37.0 Å². The lowest BCUT2D eigenvalue weighted by Crippen LogP contribution is -2.52. The van der Waals surface area contributed by atoms with Gasteiger partial charge in [-0.1, -0.05) is 0 Å². The van der Waals surface area contributed by atoms with Gasteiger partial charge in [0.25, 0.3) is 5.91 Å². The molecule has 1 aromatic rings. The van der Waals surface area contributed by atoms with Crippen molar-refractivity contribution in [3.63, 3.8) is 0 Å². The zero-order valence-corrected chi connectivity index (χ0v) is 12.5. The number of nitrogens with zero attached hydrogens (tertiary/aromatic N) is 1. The van der Waals surface area contributed by atoms with Crippen LogP contribution in [0.2, 0.25) is 0 Å². The van der Waals surface area contributed by atoms with E-state index in [2.05, 4.69) is 21.2 Å². The van der Waals surface area contributed by atoms with E-state index >= 15 is 0 Å². The number of piperidine rings is 2. The van der Waals surface area contributed by atoms with Crippen molar-refractivity contribution in [2.45, 2.75) is 25.7 Å². The maximum atomic E-state index is 12.4. The minimum Gasteiger partial charge on any atom is -0.444 e. The molecule has 1 atom stereocenters. The lowest BCUT2D eigenvalue weighted by Gasteiger charge is -2.45. The van der Waals surface area contributed by atoms with Crippen molar-refractivity contribution in [3.05, 3.63) is 22.6 Å². The molecule has 3 rings (SSSR count). The largest absolute Gasteiger partial charge is 0.444 e. The van der Waals surface area contributed by atoms with Crippen LogP contribution in [0.25, 0.3) is 0 Å². The first kappa shape index (κ1) is 13.2. The standard InChI is InChI=1S/C14H19BrN2O2/c15-12-4-3-11(19-12)13(18)17-8-2-6-14(10-17)5-1-7-16-9-14/h3-4,16H,1-2,5-10H2. The first-order valence-corrected chi connectivity index (χ1v) is 7.73. The molecular weight excluding hydrogens is 308 g/mol. The monoisotopic (exact) mass is 326 g/mol. The number of hydrogen-bond acceptors (Lipinski definition) is 3. The van der Waals surface area contributed by atoms with Gasteiger partial charge in [0, 0.05) is 25.0 Å². The Morgan fingerprint density at radius 1 is 1.37 bits per heavy atom. The van der Waals surface area contributed by atoms with E-state index in [-0.39, 0.29) is 11.3 Å². The van der Waals surface area contributed by atoms with Crippen LogP contribution in [0.4, 0.5) is 0 Å². The van der Waals surface area contributed by atoms with E-state index in [9.17, 15) is 4.79 Å². The maximum Gasteiger partial charge on any atom is 0.289 e. The zero-order chi connectivity index (χ0) is 13.3. The highest BCUT2D eigenvalue weighted by Gasteiger charge is 2.38. The average molecular weight is 327 g/mol. The van der Waals surface area contributed by atoms with E-state index in [1.807, 2.05) is 4.90 Å². The van der Waals surface area contributed by atoms with Gasteiger partial charge >= 0.3 is 0 Å². The molecule has 0 bridgehead atoms. The highest BCUT2D eigenvalue weighted by atomic mass is 79.9. The molecule has 1 amide bonds. The highest BCUT2D eigenvalue weighted by molar-refractivity contribution is 9.10. The van der Waals surface area contributed by atoms with Crippen LogP contribution < -0.4 is 5.32 Å². The number of amides is 1. The van der Waals surface area contributed by atoms with Crippen molar-refractivity contribution in [2.24, 2.45) is 5.41 Å². The lowest BCUT2D eigenvalue weighted by molar-refractivity contribution is 0.0407. The summed E-state index contributed by atoms with van der Waals surface area (Å²) in [5.41, 5.74) is 0.288. The quantitative estimate of drug-likeness (QED) is 0.862. The summed E-state index contributed by atoms with van der Waals surface area (Å²) in [6.45, 7) is 3.86. The van der Waals surface area contributed by atoms with Crippen LogP contribution >= 0.6 is 15.9 Å². The number of carbonyl (C=O) groups is 1. The molecule has 2 aliphatic rings. The summed E-state index contributed by atoms with van der Waals surface area (Å²) in [6, 6.07) is 3.52. The van der Waals surface area contributed by atoms with Crippen LogP contribution in [0, 0.1) is 5.41 Å². The Morgan fingerprint density at radius 2 is 2.21 bits per heavy atom. The van der Waals surface area contributed by atoms with E-state index in [1.54, 1.807) is 12.1 Å². The predicted molar refractivity (Wildman–Crippen MR) is 76.1 cm³/mol. The van der Waals surface area contributed by atoms with Crippen LogP contribution in [0.3, 0.4) is 0 Å². The van der Waals surface area contributed by atoms with Gasteiger partial charge in [0.2, 0.25) is 0 Å². The number of likely N-dealkylation sites (tertiary alicyclic amines) is 1. The third kappa shape index (κ3) is 2.72. The number of carbonyl (C=O) groups excluding carboxylic acids is 1. The molecule has 3 heterocycles. The Labute approximate surface area is 121 Å². The Bertz CT molecular complexity index is 460. The molecule has 2 aliphatic heterocycles. The summed E-state index contributed by atoms with van der Waals surface area (Å²) in [4.78, 5) is 14.4. The molecule has 104 valence electrons.